The van der Waals surface area contributed by atoms with E-state index in [1.165, 1.54) is 47.1 Å². The van der Waals surface area contributed by atoms with Crippen molar-refractivity contribution in [2.24, 2.45) is 5.41 Å². The van der Waals surface area contributed by atoms with Crippen molar-refractivity contribution in [3.05, 3.63) is 71.8 Å². The van der Waals surface area contributed by atoms with Crippen LogP contribution in [0.3, 0.4) is 0 Å². The largest absolute Gasteiger partial charge is 0.491 e. The number of benzene rings is 2. The molecule has 2 aromatic carbocycles. The number of hydrogen-bond donors (Lipinski definition) is 3. The SMILES string of the molecule is CCOc1cc(-c2ccc(C(Oc3cc(N4CCC5(CC4)CNC(C(=O)O)C5)nc(N)n3)C(F)(F)F)c(-n3ccc(C)n3)c2)ccc1F. The van der Waals surface area contributed by atoms with E-state index in [1.54, 1.807) is 26.1 Å². The van der Waals surface area contributed by atoms with E-state index in [0.29, 0.717) is 61.5 Å². The fourth-order valence-electron chi connectivity index (χ4n) is 6.40. The smallest absolute Gasteiger partial charge is 0.429 e. The van der Waals surface area contributed by atoms with Gasteiger partial charge >= 0.3 is 12.1 Å². The summed E-state index contributed by atoms with van der Waals surface area (Å²) in [6, 6.07) is 11.0. The number of carboxylic acid groups (broad SMARTS) is 1. The number of aryl methyl sites for hydroxylation is 1. The predicted octanol–water partition coefficient (Wildman–Crippen LogP) is 5.47. The zero-order valence-electron chi connectivity index (χ0n) is 26.3. The van der Waals surface area contributed by atoms with Gasteiger partial charge in [0.15, 0.2) is 11.6 Å². The topological polar surface area (TPSA) is 141 Å². The van der Waals surface area contributed by atoms with Gasteiger partial charge in [0.2, 0.25) is 17.9 Å². The van der Waals surface area contributed by atoms with Crippen LogP contribution < -0.4 is 25.4 Å². The molecule has 2 atom stereocenters. The van der Waals surface area contributed by atoms with Gasteiger partial charge in [-0.2, -0.15) is 28.2 Å². The predicted molar refractivity (Wildman–Crippen MR) is 169 cm³/mol. The fourth-order valence-corrected chi connectivity index (χ4v) is 6.40. The highest BCUT2D eigenvalue weighted by Crippen LogP contribution is 2.43. The van der Waals surface area contributed by atoms with Gasteiger partial charge in [0.25, 0.3) is 0 Å². The van der Waals surface area contributed by atoms with Crippen LogP contribution in [0.25, 0.3) is 16.8 Å². The van der Waals surface area contributed by atoms with Gasteiger partial charge in [-0.05, 0) is 73.9 Å². The number of carboxylic acids is 1. The van der Waals surface area contributed by atoms with Gasteiger partial charge in [-0.25, -0.2) is 9.07 Å². The first-order valence-electron chi connectivity index (χ1n) is 15.5. The highest BCUT2D eigenvalue weighted by atomic mass is 19.4. The first-order valence-corrected chi connectivity index (χ1v) is 15.5. The van der Waals surface area contributed by atoms with Crippen molar-refractivity contribution in [3.63, 3.8) is 0 Å². The Balaban J connectivity index is 1.31. The second-order valence-corrected chi connectivity index (χ2v) is 12.2. The van der Waals surface area contributed by atoms with Gasteiger partial charge < -0.3 is 30.5 Å². The molecule has 1 spiro atoms. The maximum atomic E-state index is 14.9. The standard InChI is InChI=1S/C33H35F4N7O4/c1-3-47-26-15-21(5-7-23(26)34)20-4-6-22(25(14-20)44-11-8-19(2)42-44)29(33(35,36)37)48-28-16-27(40-31(38)41-28)43-12-9-32(10-13-43)17-24(30(45)46)39-18-32/h4-8,11,14-16,24,29,39H,3,9-10,12-13,17-18H2,1-2H3,(H,45,46)(H2,38,40,41). The van der Waals surface area contributed by atoms with Crippen molar-refractivity contribution in [1.29, 1.82) is 0 Å². The molecule has 6 rings (SSSR count). The minimum Gasteiger partial charge on any atom is -0.491 e. The Labute approximate surface area is 273 Å². The first kappa shape index (κ1) is 33.0. The zero-order valence-corrected chi connectivity index (χ0v) is 26.3. The summed E-state index contributed by atoms with van der Waals surface area (Å²) in [5.74, 6) is -1.71. The summed E-state index contributed by atoms with van der Waals surface area (Å²) in [5.41, 5.74) is 7.28. The van der Waals surface area contributed by atoms with Gasteiger partial charge in [0.1, 0.15) is 11.9 Å². The lowest BCUT2D eigenvalue weighted by molar-refractivity contribution is -0.198. The van der Waals surface area contributed by atoms with E-state index in [-0.39, 0.29) is 40.9 Å². The van der Waals surface area contributed by atoms with E-state index in [0.717, 1.165) is 0 Å². The highest BCUT2D eigenvalue weighted by Gasteiger charge is 2.46. The van der Waals surface area contributed by atoms with E-state index < -0.39 is 30.1 Å². The lowest BCUT2D eigenvalue weighted by atomic mass is 9.76. The maximum absolute atomic E-state index is 14.9. The van der Waals surface area contributed by atoms with Crippen LogP contribution in [0.4, 0.5) is 29.3 Å². The average Bonchev–Trinajstić information content (AvgIpc) is 3.67. The Morgan fingerprint density at radius 3 is 2.50 bits per heavy atom. The third-order valence-electron chi connectivity index (χ3n) is 8.90. The molecule has 254 valence electrons. The summed E-state index contributed by atoms with van der Waals surface area (Å²) in [6.45, 7) is 5.26. The Morgan fingerprint density at radius 1 is 1.12 bits per heavy atom. The summed E-state index contributed by atoms with van der Waals surface area (Å²) in [7, 11) is 0. The van der Waals surface area contributed by atoms with Crippen LogP contribution in [0.15, 0.2) is 54.7 Å². The second-order valence-electron chi connectivity index (χ2n) is 12.2. The molecule has 4 N–H and O–H groups in total. The van der Waals surface area contributed by atoms with Gasteiger partial charge in [0, 0.05) is 37.5 Å². The third kappa shape index (κ3) is 6.86. The van der Waals surface area contributed by atoms with E-state index >= 15 is 0 Å². The molecule has 0 saturated carbocycles. The molecule has 4 aromatic rings. The number of nitrogen functional groups attached to an aromatic ring is 1. The third-order valence-corrected chi connectivity index (χ3v) is 8.90. The number of piperidine rings is 1. The fraction of sp³-hybridized carbons (Fsp3) is 0.394. The normalized spacial score (nSPS) is 18.2. The first-order chi connectivity index (χ1) is 22.8. The molecular weight excluding hydrogens is 634 g/mol. The number of aliphatic carboxylic acids is 1. The molecule has 15 heteroatoms. The monoisotopic (exact) mass is 669 g/mol. The number of anilines is 2. The maximum Gasteiger partial charge on any atom is 0.429 e. The minimum absolute atomic E-state index is 0.0254. The number of nitrogens with one attached hydrogen (secondary N) is 1. The lowest BCUT2D eigenvalue weighted by Gasteiger charge is -2.39. The highest BCUT2D eigenvalue weighted by molar-refractivity contribution is 5.74. The minimum atomic E-state index is -4.88. The van der Waals surface area contributed by atoms with Crippen molar-refractivity contribution in [1.82, 2.24) is 25.1 Å². The number of rotatable bonds is 9. The summed E-state index contributed by atoms with van der Waals surface area (Å²) < 4.78 is 71.2. The molecule has 48 heavy (non-hydrogen) atoms. The number of halogens is 4. The van der Waals surface area contributed by atoms with Crippen LogP contribution in [0.1, 0.15) is 43.5 Å². The van der Waals surface area contributed by atoms with Crippen molar-refractivity contribution in [2.75, 3.05) is 36.9 Å². The van der Waals surface area contributed by atoms with Crippen molar-refractivity contribution >= 4 is 17.7 Å². The molecular formula is C33H35F4N7O4. The Kier molecular flexibility index (Phi) is 8.90. The molecule has 0 radical (unpaired) electrons. The van der Waals surface area contributed by atoms with Gasteiger partial charge in [-0.15, -0.1) is 0 Å². The summed E-state index contributed by atoms with van der Waals surface area (Å²) in [5, 5.41) is 16.8. The molecule has 0 bridgehead atoms. The molecule has 2 aliphatic rings. The van der Waals surface area contributed by atoms with Crippen LogP contribution in [0.5, 0.6) is 11.6 Å². The van der Waals surface area contributed by atoms with Crippen LogP contribution in [-0.2, 0) is 4.79 Å². The number of hydrogen-bond acceptors (Lipinski definition) is 9. The van der Waals surface area contributed by atoms with E-state index in [2.05, 4.69) is 20.4 Å². The van der Waals surface area contributed by atoms with Gasteiger partial charge in [-0.1, -0.05) is 18.2 Å². The number of alkyl halides is 3. The van der Waals surface area contributed by atoms with Crippen molar-refractivity contribution in [2.45, 2.75) is 51.4 Å². The van der Waals surface area contributed by atoms with Gasteiger partial charge in [-0.3, -0.25) is 4.79 Å². The van der Waals surface area contributed by atoms with E-state index in [4.69, 9.17) is 15.2 Å². The molecule has 0 aliphatic carbocycles. The lowest BCUT2D eigenvalue weighted by Crippen LogP contribution is -2.41. The average molecular weight is 670 g/mol. The quantitative estimate of drug-likeness (QED) is 0.197. The number of nitrogens with two attached hydrogens (primary N) is 1. The number of nitrogens with zero attached hydrogens (tertiary/aromatic N) is 5. The molecule has 2 saturated heterocycles. The Hall–Kier alpha value is -4.92. The molecule has 2 unspecified atom stereocenters. The van der Waals surface area contributed by atoms with Crippen LogP contribution in [0.2, 0.25) is 0 Å². The van der Waals surface area contributed by atoms with Crippen LogP contribution >= 0.6 is 0 Å². The number of carbonyl (C=O) groups is 1. The molecule has 0 amide bonds. The molecule has 11 nitrogen and oxygen atoms in total. The van der Waals surface area contributed by atoms with Crippen molar-refractivity contribution < 1.29 is 36.9 Å². The number of aromatic nitrogens is 4. The summed E-state index contributed by atoms with van der Waals surface area (Å²) >= 11 is 0. The van der Waals surface area contributed by atoms with Gasteiger partial charge in [0.05, 0.1) is 18.0 Å². The molecule has 2 aliphatic heterocycles. The second kappa shape index (κ2) is 12.9. The van der Waals surface area contributed by atoms with E-state index in [9.17, 15) is 27.5 Å². The van der Waals surface area contributed by atoms with Crippen molar-refractivity contribution in [3.8, 4) is 28.4 Å². The molecule has 2 fully saturated rings. The Morgan fingerprint density at radius 2 is 1.85 bits per heavy atom. The Bertz CT molecular complexity index is 1810. The van der Waals surface area contributed by atoms with Crippen LogP contribution in [-0.4, -0.2) is 69.3 Å². The summed E-state index contributed by atoms with van der Waals surface area (Å²) in [4.78, 5) is 21.6. The zero-order chi connectivity index (χ0) is 34.2. The van der Waals surface area contributed by atoms with E-state index in [1.807, 2.05) is 4.90 Å². The molecule has 4 heterocycles. The van der Waals surface area contributed by atoms with Crippen LogP contribution in [0, 0.1) is 18.2 Å². The molecule has 2 aromatic heterocycles. The number of ether oxygens (including phenoxy) is 2. The summed E-state index contributed by atoms with van der Waals surface area (Å²) in [6.07, 6.45) is -3.95.